The first kappa shape index (κ1) is 14.7. The Kier molecular flexibility index (Phi) is 6.83. The summed E-state index contributed by atoms with van der Waals surface area (Å²) >= 11 is 0. The van der Waals surface area contributed by atoms with Crippen LogP contribution < -0.4 is 0 Å². The molecule has 106 valence electrons. The van der Waals surface area contributed by atoms with Crippen molar-refractivity contribution in [2.75, 3.05) is 6.61 Å². The fourth-order valence-corrected chi connectivity index (χ4v) is 2.20. The van der Waals surface area contributed by atoms with Gasteiger partial charge in [0.1, 0.15) is 0 Å². The number of nitrogens with zero attached hydrogens (tertiary/aromatic N) is 1. The minimum absolute atomic E-state index is 0.734. The monoisotopic (exact) mass is 269 g/mol. The van der Waals surface area contributed by atoms with Crippen molar-refractivity contribution in [3.63, 3.8) is 0 Å². The van der Waals surface area contributed by atoms with Gasteiger partial charge in [-0.05, 0) is 42.5 Å². The number of pyridine rings is 1. The van der Waals surface area contributed by atoms with Gasteiger partial charge in [0.05, 0.1) is 6.61 Å². The highest BCUT2D eigenvalue weighted by Gasteiger charge is 1.95. The van der Waals surface area contributed by atoms with Gasteiger partial charge in [-0.2, -0.15) is 0 Å². The van der Waals surface area contributed by atoms with Crippen molar-refractivity contribution < 1.29 is 4.74 Å². The SMILES string of the molecule is c1ccc(COCCCCCCc2ccncc2)cc1. The van der Waals surface area contributed by atoms with Gasteiger partial charge in [0.2, 0.25) is 0 Å². The van der Waals surface area contributed by atoms with Crippen molar-refractivity contribution in [3.05, 3.63) is 66.0 Å². The molecular weight excluding hydrogens is 246 g/mol. The average Bonchev–Trinajstić information content (AvgIpc) is 2.52. The predicted molar refractivity (Wildman–Crippen MR) is 82.5 cm³/mol. The van der Waals surface area contributed by atoms with E-state index < -0.39 is 0 Å². The first-order valence-corrected chi connectivity index (χ1v) is 7.46. The van der Waals surface area contributed by atoms with E-state index in [1.165, 1.54) is 30.4 Å². The number of hydrogen-bond donors (Lipinski definition) is 0. The van der Waals surface area contributed by atoms with Gasteiger partial charge in [-0.1, -0.05) is 43.2 Å². The molecule has 0 N–H and O–H groups in total. The minimum atomic E-state index is 0.734. The Bertz CT molecular complexity index is 410. The summed E-state index contributed by atoms with van der Waals surface area (Å²) in [5.41, 5.74) is 2.64. The maximum absolute atomic E-state index is 5.68. The Labute approximate surface area is 121 Å². The second-order valence-electron chi connectivity index (χ2n) is 5.06. The molecule has 2 aromatic rings. The highest BCUT2D eigenvalue weighted by Crippen LogP contribution is 2.07. The highest BCUT2D eigenvalue weighted by molar-refractivity contribution is 5.13. The molecule has 1 heterocycles. The molecule has 0 aliphatic carbocycles. The maximum atomic E-state index is 5.68. The van der Waals surface area contributed by atoms with Crippen LogP contribution in [-0.4, -0.2) is 11.6 Å². The number of ether oxygens (including phenoxy) is 1. The molecule has 0 unspecified atom stereocenters. The zero-order valence-corrected chi connectivity index (χ0v) is 12.0. The summed E-state index contributed by atoms with van der Waals surface area (Å²) in [6.07, 6.45) is 9.83. The Hall–Kier alpha value is -1.67. The summed E-state index contributed by atoms with van der Waals surface area (Å²) in [5, 5.41) is 0. The summed E-state index contributed by atoms with van der Waals surface area (Å²) in [6.45, 7) is 1.60. The lowest BCUT2D eigenvalue weighted by atomic mass is 10.1. The predicted octanol–water partition coefficient (Wildman–Crippen LogP) is 4.40. The first-order valence-electron chi connectivity index (χ1n) is 7.46. The molecule has 1 aromatic heterocycles. The van der Waals surface area contributed by atoms with E-state index in [-0.39, 0.29) is 0 Å². The van der Waals surface area contributed by atoms with Gasteiger partial charge < -0.3 is 4.74 Å². The van der Waals surface area contributed by atoms with Crippen LogP contribution in [0.4, 0.5) is 0 Å². The molecule has 0 aliphatic rings. The second-order valence-corrected chi connectivity index (χ2v) is 5.06. The molecule has 0 atom stereocenters. The summed E-state index contributed by atoms with van der Waals surface area (Å²) in [4.78, 5) is 4.03. The molecule has 2 rings (SSSR count). The van der Waals surface area contributed by atoms with Crippen molar-refractivity contribution in [2.45, 2.75) is 38.7 Å². The van der Waals surface area contributed by atoms with Crippen LogP contribution >= 0.6 is 0 Å². The molecule has 0 spiro atoms. The molecule has 0 radical (unpaired) electrons. The number of aromatic nitrogens is 1. The van der Waals surface area contributed by atoms with Crippen molar-refractivity contribution in [1.82, 2.24) is 4.98 Å². The lowest BCUT2D eigenvalue weighted by Crippen LogP contribution is -1.95. The molecule has 1 aromatic carbocycles. The lowest BCUT2D eigenvalue weighted by molar-refractivity contribution is 0.117. The Morgan fingerprint density at radius 3 is 2.30 bits per heavy atom. The lowest BCUT2D eigenvalue weighted by Gasteiger charge is -2.04. The fraction of sp³-hybridized carbons (Fsp3) is 0.389. The number of unbranched alkanes of at least 4 members (excludes halogenated alkanes) is 3. The average molecular weight is 269 g/mol. The van der Waals surface area contributed by atoms with E-state index in [0.717, 1.165) is 26.1 Å². The molecule has 0 saturated heterocycles. The van der Waals surface area contributed by atoms with Crippen molar-refractivity contribution in [1.29, 1.82) is 0 Å². The van der Waals surface area contributed by atoms with Gasteiger partial charge in [-0.25, -0.2) is 0 Å². The third-order valence-corrected chi connectivity index (χ3v) is 3.37. The van der Waals surface area contributed by atoms with Crippen LogP contribution in [0.5, 0.6) is 0 Å². The van der Waals surface area contributed by atoms with Crippen LogP contribution in [0.1, 0.15) is 36.8 Å². The third kappa shape index (κ3) is 5.98. The van der Waals surface area contributed by atoms with E-state index in [0.29, 0.717) is 0 Å². The number of aryl methyl sites for hydroxylation is 1. The Morgan fingerprint density at radius 1 is 0.750 bits per heavy atom. The summed E-state index contributed by atoms with van der Waals surface area (Å²) in [6, 6.07) is 14.6. The smallest absolute Gasteiger partial charge is 0.0716 e. The van der Waals surface area contributed by atoms with Gasteiger partial charge >= 0.3 is 0 Å². The van der Waals surface area contributed by atoms with Gasteiger partial charge in [0.25, 0.3) is 0 Å². The Balaban J connectivity index is 1.44. The van der Waals surface area contributed by atoms with Crippen LogP contribution in [0.25, 0.3) is 0 Å². The van der Waals surface area contributed by atoms with Crippen molar-refractivity contribution >= 4 is 0 Å². The zero-order chi connectivity index (χ0) is 13.9. The van der Waals surface area contributed by atoms with Crippen molar-refractivity contribution in [3.8, 4) is 0 Å². The van der Waals surface area contributed by atoms with Gasteiger partial charge in [-0.3, -0.25) is 4.98 Å². The van der Waals surface area contributed by atoms with Gasteiger partial charge in [-0.15, -0.1) is 0 Å². The minimum Gasteiger partial charge on any atom is -0.377 e. The zero-order valence-electron chi connectivity index (χ0n) is 12.0. The van der Waals surface area contributed by atoms with Crippen LogP contribution in [0, 0.1) is 0 Å². The second kappa shape index (κ2) is 9.27. The molecule has 0 bridgehead atoms. The Morgan fingerprint density at radius 2 is 1.50 bits per heavy atom. The van der Waals surface area contributed by atoms with Crippen molar-refractivity contribution in [2.24, 2.45) is 0 Å². The largest absolute Gasteiger partial charge is 0.377 e. The molecular formula is C18H23NO. The van der Waals surface area contributed by atoms with Gasteiger partial charge in [0.15, 0.2) is 0 Å². The molecule has 20 heavy (non-hydrogen) atoms. The quantitative estimate of drug-likeness (QED) is 0.629. The fourth-order valence-electron chi connectivity index (χ4n) is 2.20. The number of benzene rings is 1. The van der Waals surface area contributed by atoms with E-state index in [1.807, 2.05) is 18.5 Å². The molecule has 0 aliphatic heterocycles. The molecule has 0 saturated carbocycles. The van der Waals surface area contributed by atoms with Crippen LogP contribution in [0.2, 0.25) is 0 Å². The molecule has 0 fully saturated rings. The standard InChI is InChI=1S/C18H23NO/c1(4-8-17-11-13-19-14-12-17)2-7-15-20-16-18-9-5-3-6-10-18/h3,5-6,9-14H,1-2,4,7-8,15-16H2. The first-order chi connectivity index (χ1) is 9.95. The normalized spacial score (nSPS) is 10.6. The summed E-state index contributed by atoms with van der Waals surface area (Å²) in [5.74, 6) is 0. The van der Waals surface area contributed by atoms with Crippen LogP contribution in [0.3, 0.4) is 0 Å². The topological polar surface area (TPSA) is 22.1 Å². The molecule has 0 amide bonds. The molecule has 2 heteroatoms. The summed E-state index contributed by atoms with van der Waals surface area (Å²) < 4.78 is 5.68. The van der Waals surface area contributed by atoms with Crippen LogP contribution in [0.15, 0.2) is 54.9 Å². The molecule has 2 nitrogen and oxygen atoms in total. The van der Waals surface area contributed by atoms with Gasteiger partial charge in [0, 0.05) is 19.0 Å². The van der Waals surface area contributed by atoms with Crippen LogP contribution in [-0.2, 0) is 17.8 Å². The van der Waals surface area contributed by atoms with E-state index >= 15 is 0 Å². The third-order valence-electron chi connectivity index (χ3n) is 3.37. The number of rotatable bonds is 9. The summed E-state index contributed by atoms with van der Waals surface area (Å²) in [7, 11) is 0. The van der Waals surface area contributed by atoms with E-state index in [9.17, 15) is 0 Å². The van der Waals surface area contributed by atoms with E-state index in [1.54, 1.807) is 0 Å². The maximum Gasteiger partial charge on any atom is 0.0716 e. The highest BCUT2D eigenvalue weighted by atomic mass is 16.5. The van der Waals surface area contributed by atoms with E-state index in [2.05, 4.69) is 41.4 Å². The number of hydrogen-bond acceptors (Lipinski definition) is 2. The van der Waals surface area contributed by atoms with E-state index in [4.69, 9.17) is 4.74 Å².